The van der Waals surface area contributed by atoms with Gasteiger partial charge in [0.15, 0.2) is 0 Å². The maximum absolute atomic E-state index is 11.6. The zero-order valence-electron chi connectivity index (χ0n) is 14.3. The number of ether oxygens (including phenoxy) is 2. The van der Waals surface area contributed by atoms with Crippen LogP contribution in [0.1, 0.15) is 48.2 Å². The van der Waals surface area contributed by atoms with Gasteiger partial charge in [-0.25, -0.2) is 0 Å². The molecule has 0 atom stereocenters. The number of primary amides is 1. The van der Waals surface area contributed by atoms with Crippen LogP contribution in [0.2, 0.25) is 0 Å². The number of benzene rings is 1. The van der Waals surface area contributed by atoms with Gasteiger partial charge in [-0.1, -0.05) is 25.3 Å². The van der Waals surface area contributed by atoms with E-state index in [2.05, 4.69) is 4.98 Å². The van der Waals surface area contributed by atoms with Gasteiger partial charge in [-0.2, -0.15) is 0 Å². The maximum Gasteiger partial charge on any atom is 0.252 e. The van der Waals surface area contributed by atoms with E-state index in [0.29, 0.717) is 29.6 Å². The van der Waals surface area contributed by atoms with Crippen LogP contribution in [0.25, 0.3) is 0 Å². The van der Waals surface area contributed by atoms with Crippen molar-refractivity contribution in [2.75, 3.05) is 6.61 Å². The molecule has 2 N–H and O–H groups in total. The summed E-state index contributed by atoms with van der Waals surface area (Å²) in [7, 11) is 0. The summed E-state index contributed by atoms with van der Waals surface area (Å²) < 4.78 is 11.7. The summed E-state index contributed by atoms with van der Waals surface area (Å²) in [6.45, 7) is 0.975. The topological polar surface area (TPSA) is 74.4 Å². The van der Waals surface area contributed by atoms with E-state index in [9.17, 15) is 4.79 Å². The van der Waals surface area contributed by atoms with E-state index in [0.717, 1.165) is 5.69 Å². The van der Waals surface area contributed by atoms with E-state index >= 15 is 0 Å². The van der Waals surface area contributed by atoms with Gasteiger partial charge in [0.2, 0.25) is 0 Å². The Kier molecular flexibility index (Phi) is 5.88. The Morgan fingerprint density at radius 1 is 1.12 bits per heavy atom. The number of carbonyl (C=O) groups is 1. The molecule has 0 aliphatic heterocycles. The fraction of sp³-hybridized carbons (Fsp3) is 0.400. The average Bonchev–Trinajstić information content (AvgIpc) is 2.66. The van der Waals surface area contributed by atoms with Crippen molar-refractivity contribution in [3.63, 3.8) is 0 Å². The van der Waals surface area contributed by atoms with Crippen LogP contribution in [0.15, 0.2) is 42.6 Å². The summed E-state index contributed by atoms with van der Waals surface area (Å²) in [6.07, 6.45) is 8.05. The molecule has 0 radical (unpaired) electrons. The van der Waals surface area contributed by atoms with E-state index in [1.807, 2.05) is 18.2 Å². The second-order valence-electron chi connectivity index (χ2n) is 6.45. The van der Waals surface area contributed by atoms with E-state index in [1.165, 1.54) is 32.1 Å². The van der Waals surface area contributed by atoms with Crippen LogP contribution in [0.3, 0.4) is 0 Å². The monoisotopic (exact) mass is 340 g/mol. The van der Waals surface area contributed by atoms with Gasteiger partial charge in [0, 0.05) is 12.3 Å². The molecule has 0 unspecified atom stereocenters. The predicted octanol–water partition coefficient (Wildman–Crippen LogP) is 3.72. The zero-order chi connectivity index (χ0) is 17.5. The Bertz CT molecular complexity index is 697. The van der Waals surface area contributed by atoms with Crippen molar-refractivity contribution >= 4 is 5.91 Å². The number of carbonyl (C=O) groups excluding carboxylic acids is 1. The lowest BCUT2D eigenvalue weighted by atomic mass is 9.90. The summed E-state index contributed by atoms with van der Waals surface area (Å²) in [6, 6.07) is 10.8. The number of nitrogens with zero attached hydrogens (tertiary/aromatic N) is 1. The summed E-state index contributed by atoms with van der Waals surface area (Å²) in [5.74, 6) is 1.23. The lowest BCUT2D eigenvalue weighted by Gasteiger charge is -2.22. The molecule has 1 aliphatic rings. The van der Waals surface area contributed by atoms with Crippen LogP contribution < -0.4 is 15.2 Å². The highest BCUT2D eigenvalue weighted by Crippen LogP contribution is 2.28. The predicted molar refractivity (Wildman–Crippen MR) is 95.6 cm³/mol. The van der Waals surface area contributed by atoms with E-state index in [1.54, 1.807) is 24.4 Å². The van der Waals surface area contributed by atoms with Crippen molar-refractivity contribution in [2.24, 2.45) is 11.7 Å². The molecular weight excluding hydrogens is 316 g/mol. The van der Waals surface area contributed by atoms with Crippen LogP contribution in [-0.4, -0.2) is 17.5 Å². The molecule has 132 valence electrons. The van der Waals surface area contributed by atoms with Gasteiger partial charge in [-0.15, -0.1) is 0 Å². The molecule has 1 aromatic heterocycles. The number of rotatable bonds is 7. The van der Waals surface area contributed by atoms with Gasteiger partial charge in [0.25, 0.3) is 5.91 Å². The molecule has 0 bridgehead atoms. The number of aromatic nitrogens is 1. The van der Waals surface area contributed by atoms with Crippen LogP contribution in [0.5, 0.6) is 11.5 Å². The molecule has 1 heterocycles. The molecule has 1 aliphatic carbocycles. The van der Waals surface area contributed by atoms with E-state index in [-0.39, 0.29) is 6.61 Å². The fourth-order valence-corrected chi connectivity index (χ4v) is 3.12. The lowest BCUT2D eigenvalue weighted by Crippen LogP contribution is -2.16. The lowest BCUT2D eigenvalue weighted by molar-refractivity contribution is 0.0995. The number of nitrogens with two attached hydrogens (primary N) is 1. The Morgan fingerprint density at radius 3 is 2.68 bits per heavy atom. The fourth-order valence-electron chi connectivity index (χ4n) is 3.12. The highest BCUT2D eigenvalue weighted by atomic mass is 16.5. The van der Waals surface area contributed by atoms with E-state index in [4.69, 9.17) is 15.2 Å². The highest BCUT2D eigenvalue weighted by molar-refractivity contribution is 5.95. The summed E-state index contributed by atoms with van der Waals surface area (Å²) in [4.78, 5) is 15.9. The van der Waals surface area contributed by atoms with Crippen LogP contribution in [0.4, 0.5) is 0 Å². The first kappa shape index (κ1) is 17.3. The Morgan fingerprint density at radius 2 is 1.96 bits per heavy atom. The number of hydrogen-bond donors (Lipinski definition) is 1. The molecule has 1 aromatic carbocycles. The first-order valence-corrected chi connectivity index (χ1v) is 8.82. The standard InChI is InChI=1S/C20H24N2O3/c21-20(23)18-10-9-17(24-13-15-6-2-1-3-7-15)12-19(18)25-14-16-8-4-5-11-22-16/h4-5,8-12,15H,1-3,6-7,13-14H2,(H2,21,23). The van der Waals surface area contributed by atoms with Crippen molar-refractivity contribution in [1.29, 1.82) is 0 Å². The molecular formula is C20H24N2O3. The maximum atomic E-state index is 11.6. The number of hydrogen-bond acceptors (Lipinski definition) is 4. The minimum absolute atomic E-state index is 0.271. The Hall–Kier alpha value is -2.56. The van der Waals surface area contributed by atoms with Crippen molar-refractivity contribution in [3.8, 4) is 11.5 Å². The van der Waals surface area contributed by atoms with Crippen molar-refractivity contribution < 1.29 is 14.3 Å². The smallest absolute Gasteiger partial charge is 0.252 e. The Balaban J connectivity index is 1.67. The quantitative estimate of drug-likeness (QED) is 0.833. The molecule has 25 heavy (non-hydrogen) atoms. The highest BCUT2D eigenvalue weighted by Gasteiger charge is 2.15. The average molecular weight is 340 g/mol. The van der Waals surface area contributed by atoms with E-state index < -0.39 is 5.91 Å². The van der Waals surface area contributed by atoms with Crippen LogP contribution >= 0.6 is 0 Å². The second-order valence-corrected chi connectivity index (χ2v) is 6.45. The molecule has 2 aromatic rings. The summed E-state index contributed by atoms with van der Waals surface area (Å²) in [5, 5.41) is 0. The first-order valence-electron chi connectivity index (χ1n) is 8.82. The second kappa shape index (κ2) is 8.51. The minimum atomic E-state index is -0.519. The summed E-state index contributed by atoms with van der Waals surface area (Å²) >= 11 is 0. The third-order valence-corrected chi connectivity index (χ3v) is 4.53. The molecule has 0 saturated heterocycles. The largest absolute Gasteiger partial charge is 0.493 e. The van der Waals surface area contributed by atoms with Crippen molar-refractivity contribution in [2.45, 2.75) is 38.7 Å². The molecule has 0 spiro atoms. The number of pyridine rings is 1. The van der Waals surface area contributed by atoms with Crippen LogP contribution in [-0.2, 0) is 6.61 Å². The van der Waals surface area contributed by atoms with Crippen molar-refractivity contribution in [3.05, 3.63) is 53.9 Å². The van der Waals surface area contributed by atoms with Crippen LogP contribution in [0, 0.1) is 5.92 Å². The molecule has 3 rings (SSSR count). The van der Waals surface area contributed by atoms with Gasteiger partial charge in [-0.05, 0) is 43.0 Å². The molecule has 1 amide bonds. The molecule has 5 heteroatoms. The Labute approximate surface area is 148 Å². The van der Waals surface area contributed by atoms with Gasteiger partial charge in [0.05, 0.1) is 17.9 Å². The first-order chi connectivity index (χ1) is 12.2. The third kappa shape index (κ3) is 4.95. The molecule has 1 saturated carbocycles. The normalized spacial score (nSPS) is 14.9. The third-order valence-electron chi connectivity index (χ3n) is 4.53. The van der Waals surface area contributed by atoms with Gasteiger partial charge < -0.3 is 15.2 Å². The van der Waals surface area contributed by atoms with Gasteiger partial charge in [-0.3, -0.25) is 9.78 Å². The summed E-state index contributed by atoms with van der Waals surface area (Å²) in [5.41, 5.74) is 6.58. The van der Waals surface area contributed by atoms with Gasteiger partial charge in [0.1, 0.15) is 18.1 Å². The van der Waals surface area contributed by atoms with Gasteiger partial charge >= 0.3 is 0 Å². The van der Waals surface area contributed by atoms with Crippen molar-refractivity contribution in [1.82, 2.24) is 4.98 Å². The minimum Gasteiger partial charge on any atom is -0.493 e. The number of amides is 1. The molecule has 5 nitrogen and oxygen atoms in total. The molecule has 1 fully saturated rings. The zero-order valence-corrected chi connectivity index (χ0v) is 14.3. The SMILES string of the molecule is NC(=O)c1ccc(OCC2CCCCC2)cc1OCc1ccccn1.